The Labute approximate surface area is 219 Å². The van der Waals surface area contributed by atoms with E-state index >= 15 is 0 Å². The van der Waals surface area contributed by atoms with Gasteiger partial charge in [0.15, 0.2) is 0 Å². The molecule has 2 heterocycles. The average molecular weight is 536 g/mol. The maximum absolute atomic E-state index is 12.9. The third-order valence-electron chi connectivity index (χ3n) is 5.76. The number of pyridine rings is 1. The molecule has 1 aliphatic heterocycles. The molecule has 0 aliphatic carbocycles. The van der Waals surface area contributed by atoms with Crippen molar-refractivity contribution in [2.24, 2.45) is 0 Å². The quantitative estimate of drug-likeness (QED) is 0.321. The van der Waals surface area contributed by atoms with Crippen LogP contribution in [0.2, 0.25) is 5.02 Å². The molecule has 5 N–H and O–H groups in total. The predicted molar refractivity (Wildman–Crippen MR) is 136 cm³/mol. The zero-order valence-corrected chi connectivity index (χ0v) is 21.3. The van der Waals surface area contributed by atoms with Crippen LogP contribution in [0.15, 0.2) is 30.3 Å². The van der Waals surface area contributed by atoms with Gasteiger partial charge in [0.1, 0.15) is 18.0 Å². The van der Waals surface area contributed by atoms with E-state index in [1.807, 2.05) is 4.90 Å². The van der Waals surface area contributed by atoms with E-state index in [1.165, 1.54) is 25.3 Å². The number of anilines is 2. The maximum Gasteiger partial charge on any atom is 0.338 e. The minimum Gasteiger partial charge on any atom is -0.480 e. The second-order valence-corrected chi connectivity index (χ2v) is 8.68. The third kappa shape index (κ3) is 7.52. The number of methoxy groups -OCH3 is 2. The lowest BCUT2D eigenvalue weighted by Gasteiger charge is -2.37. The number of nitrogens with zero attached hydrogens (tertiary/aromatic N) is 2. The number of hydrogen-bond donors (Lipinski definition) is 4. The molecule has 0 spiro atoms. The standard InChI is InChI=1S/C24H30ClN5O7/c1-35-19-12-30(13-20(32)27-15-5-3-14(4-6-15)24(34)37-10-9-31)8-7-18(19)28-22(33)16-11-17(25)21(26)29-23(16)36-2/h3-6,11,18-19,31H,7-10,12-13H2,1-2H3,(H2,26,29)(H,27,32)(H,28,33)/t18-,19+/m1/s1. The molecule has 1 aromatic carbocycles. The number of benzene rings is 1. The lowest BCUT2D eigenvalue weighted by atomic mass is 10.0. The number of amides is 2. The molecule has 1 aliphatic rings. The Bertz CT molecular complexity index is 1120. The van der Waals surface area contributed by atoms with Gasteiger partial charge in [0.2, 0.25) is 11.8 Å². The van der Waals surface area contributed by atoms with Crippen molar-refractivity contribution in [1.29, 1.82) is 0 Å². The molecule has 2 aromatic rings. The van der Waals surface area contributed by atoms with Gasteiger partial charge in [-0.15, -0.1) is 0 Å². The van der Waals surface area contributed by atoms with E-state index in [0.717, 1.165) is 0 Å². The molecule has 0 bridgehead atoms. The normalized spacial score (nSPS) is 17.6. The number of aromatic nitrogens is 1. The zero-order chi connectivity index (χ0) is 26.9. The van der Waals surface area contributed by atoms with Crippen molar-refractivity contribution in [3.63, 3.8) is 0 Å². The molecule has 37 heavy (non-hydrogen) atoms. The number of piperidine rings is 1. The first kappa shape index (κ1) is 28.1. The monoisotopic (exact) mass is 535 g/mol. The van der Waals surface area contributed by atoms with Crippen molar-refractivity contribution in [3.8, 4) is 5.88 Å². The largest absolute Gasteiger partial charge is 0.480 e. The summed E-state index contributed by atoms with van der Waals surface area (Å²) in [4.78, 5) is 43.2. The van der Waals surface area contributed by atoms with Crippen LogP contribution in [0.4, 0.5) is 11.5 Å². The third-order valence-corrected chi connectivity index (χ3v) is 6.07. The predicted octanol–water partition coefficient (Wildman–Crippen LogP) is 0.933. The number of nitrogens with two attached hydrogens (primary N) is 1. The molecule has 12 nitrogen and oxygen atoms in total. The molecule has 1 fully saturated rings. The number of nitrogen functional groups attached to an aromatic ring is 1. The van der Waals surface area contributed by atoms with E-state index < -0.39 is 11.9 Å². The minimum atomic E-state index is -0.554. The van der Waals surface area contributed by atoms with E-state index in [1.54, 1.807) is 19.2 Å². The zero-order valence-electron chi connectivity index (χ0n) is 20.5. The van der Waals surface area contributed by atoms with E-state index in [-0.39, 0.29) is 60.1 Å². The number of rotatable bonds is 10. The van der Waals surface area contributed by atoms with Gasteiger partial charge in [-0.05, 0) is 36.8 Å². The molecule has 1 aromatic heterocycles. The van der Waals surface area contributed by atoms with E-state index in [0.29, 0.717) is 30.8 Å². The van der Waals surface area contributed by atoms with Crippen LogP contribution in [0.1, 0.15) is 27.1 Å². The summed E-state index contributed by atoms with van der Waals surface area (Å²) in [6.07, 6.45) is 0.179. The van der Waals surface area contributed by atoms with Crippen molar-refractivity contribution in [2.45, 2.75) is 18.6 Å². The summed E-state index contributed by atoms with van der Waals surface area (Å²) in [6.45, 7) is 0.749. The van der Waals surface area contributed by atoms with Crippen molar-refractivity contribution in [3.05, 3.63) is 46.5 Å². The lowest BCUT2D eigenvalue weighted by molar-refractivity contribution is -0.118. The highest BCUT2D eigenvalue weighted by molar-refractivity contribution is 6.33. The lowest BCUT2D eigenvalue weighted by Crippen LogP contribution is -2.55. The average Bonchev–Trinajstić information content (AvgIpc) is 2.89. The summed E-state index contributed by atoms with van der Waals surface area (Å²) >= 11 is 6.03. The number of carbonyl (C=O) groups excluding carboxylic acids is 3. The number of ether oxygens (including phenoxy) is 3. The number of aliphatic hydroxyl groups excluding tert-OH is 1. The number of carbonyl (C=O) groups is 3. The molecular weight excluding hydrogens is 506 g/mol. The fraction of sp³-hybridized carbons (Fsp3) is 0.417. The topological polar surface area (TPSA) is 165 Å². The molecule has 0 unspecified atom stereocenters. The smallest absolute Gasteiger partial charge is 0.338 e. The van der Waals surface area contributed by atoms with E-state index in [4.69, 9.17) is 36.7 Å². The summed E-state index contributed by atoms with van der Waals surface area (Å²) in [5.74, 6) is -1.08. The van der Waals surface area contributed by atoms with Crippen molar-refractivity contribution < 1.29 is 33.7 Å². The van der Waals surface area contributed by atoms with Gasteiger partial charge in [-0.2, -0.15) is 4.98 Å². The molecule has 0 radical (unpaired) electrons. The Morgan fingerprint density at radius 3 is 2.62 bits per heavy atom. The van der Waals surface area contributed by atoms with Gasteiger partial charge >= 0.3 is 5.97 Å². The highest BCUT2D eigenvalue weighted by Gasteiger charge is 2.32. The Morgan fingerprint density at radius 2 is 1.97 bits per heavy atom. The molecule has 0 saturated carbocycles. The summed E-state index contributed by atoms with van der Waals surface area (Å²) in [7, 11) is 2.93. The molecule has 13 heteroatoms. The molecule has 200 valence electrons. The number of nitrogens with one attached hydrogen (secondary N) is 2. The van der Waals surface area contributed by atoms with Gasteiger partial charge in [0, 0.05) is 25.9 Å². The fourth-order valence-electron chi connectivity index (χ4n) is 3.89. The van der Waals surface area contributed by atoms with E-state index in [2.05, 4.69) is 15.6 Å². The molecule has 2 amide bonds. The number of halogens is 1. The fourth-order valence-corrected chi connectivity index (χ4v) is 4.04. The van der Waals surface area contributed by atoms with Crippen LogP contribution in [0.25, 0.3) is 0 Å². The van der Waals surface area contributed by atoms with Crippen LogP contribution >= 0.6 is 11.6 Å². The highest BCUT2D eigenvalue weighted by atomic mass is 35.5. The van der Waals surface area contributed by atoms with Crippen molar-refractivity contribution >= 4 is 40.9 Å². The number of hydrogen-bond acceptors (Lipinski definition) is 10. The first-order chi connectivity index (χ1) is 17.7. The first-order valence-corrected chi connectivity index (χ1v) is 11.9. The number of likely N-dealkylation sites (tertiary alicyclic amines) is 1. The van der Waals surface area contributed by atoms with E-state index in [9.17, 15) is 14.4 Å². The Balaban J connectivity index is 1.53. The molecule has 1 saturated heterocycles. The summed E-state index contributed by atoms with van der Waals surface area (Å²) in [5.41, 5.74) is 6.69. The van der Waals surface area contributed by atoms with Crippen LogP contribution in [0.3, 0.4) is 0 Å². The first-order valence-electron chi connectivity index (χ1n) is 11.5. The Hall–Kier alpha value is -3.45. The highest BCUT2D eigenvalue weighted by Crippen LogP contribution is 2.25. The van der Waals surface area contributed by atoms with Crippen LogP contribution in [0, 0.1) is 0 Å². The second-order valence-electron chi connectivity index (χ2n) is 8.28. The second kappa shape index (κ2) is 13.2. The number of aliphatic hydroxyl groups is 1. The van der Waals surface area contributed by atoms with Gasteiger partial charge < -0.3 is 35.7 Å². The van der Waals surface area contributed by atoms with Gasteiger partial charge in [0.05, 0.1) is 43.0 Å². The molecule has 2 atom stereocenters. The van der Waals surface area contributed by atoms with Crippen molar-refractivity contribution in [2.75, 3.05) is 58.1 Å². The molecule has 3 rings (SSSR count). The SMILES string of the molecule is COc1nc(N)c(Cl)cc1C(=O)N[C@@H]1CCN(CC(=O)Nc2ccc(C(=O)OCCO)cc2)C[C@@H]1OC. The molecular formula is C24H30ClN5O7. The number of esters is 1. The minimum absolute atomic E-state index is 0.0629. The summed E-state index contributed by atoms with van der Waals surface area (Å²) in [6, 6.07) is 7.35. The Morgan fingerprint density at radius 1 is 1.24 bits per heavy atom. The Kier molecular flexibility index (Phi) is 10.0. The summed E-state index contributed by atoms with van der Waals surface area (Å²) in [5, 5.41) is 14.6. The van der Waals surface area contributed by atoms with Crippen LogP contribution in [-0.4, -0.2) is 92.0 Å². The van der Waals surface area contributed by atoms with Gasteiger partial charge in [-0.1, -0.05) is 11.6 Å². The van der Waals surface area contributed by atoms with Crippen LogP contribution < -0.4 is 21.1 Å². The van der Waals surface area contributed by atoms with Gasteiger partial charge in [-0.25, -0.2) is 4.79 Å². The van der Waals surface area contributed by atoms with Gasteiger partial charge in [-0.3, -0.25) is 14.5 Å². The summed E-state index contributed by atoms with van der Waals surface area (Å²) < 4.78 is 15.6. The maximum atomic E-state index is 12.9. The van der Waals surface area contributed by atoms with Crippen LogP contribution in [0.5, 0.6) is 5.88 Å². The van der Waals surface area contributed by atoms with Gasteiger partial charge in [0.25, 0.3) is 5.91 Å². The van der Waals surface area contributed by atoms with Crippen molar-refractivity contribution in [1.82, 2.24) is 15.2 Å². The van der Waals surface area contributed by atoms with Crippen LogP contribution in [-0.2, 0) is 14.3 Å².